The van der Waals surface area contributed by atoms with Crippen LogP contribution in [0.3, 0.4) is 0 Å². The van der Waals surface area contributed by atoms with E-state index in [4.69, 9.17) is 16.7 Å². The van der Waals surface area contributed by atoms with Crippen molar-refractivity contribution in [1.29, 1.82) is 5.26 Å². The Hall–Kier alpha value is -3.01. The fourth-order valence-corrected chi connectivity index (χ4v) is 3.39. The SMILES string of the molecule is C=C1NC(SCc2ccc(C(=O)O)cc2)=NC(c2ccc(Cl)cc2)=C1C#N. The third-order valence-electron chi connectivity index (χ3n) is 3.82. The normalized spacial score (nSPS) is 13.6. The quantitative estimate of drug-likeness (QED) is 0.785. The largest absolute Gasteiger partial charge is 0.478 e. The van der Waals surface area contributed by atoms with Gasteiger partial charge in [-0.1, -0.05) is 54.2 Å². The number of halogens is 1. The highest BCUT2D eigenvalue weighted by Crippen LogP contribution is 2.30. The minimum atomic E-state index is -0.953. The zero-order valence-electron chi connectivity index (χ0n) is 14.1. The lowest BCUT2D eigenvalue weighted by Crippen LogP contribution is -2.24. The predicted octanol–water partition coefficient (Wildman–Crippen LogP) is 4.68. The van der Waals surface area contributed by atoms with Crippen molar-refractivity contribution in [2.75, 3.05) is 0 Å². The first-order chi connectivity index (χ1) is 13.0. The minimum absolute atomic E-state index is 0.247. The van der Waals surface area contributed by atoms with Crippen LogP contribution in [0.5, 0.6) is 0 Å². The summed E-state index contributed by atoms with van der Waals surface area (Å²) < 4.78 is 0. The molecule has 0 fully saturated rings. The van der Waals surface area contributed by atoms with Crippen LogP contribution in [-0.2, 0) is 5.75 Å². The number of allylic oxidation sites excluding steroid dienone is 1. The molecule has 5 nitrogen and oxygen atoms in total. The van der Waals surface area contributed by atoms with Crippen molar-refractivity contribution in [3.8, 4) is 6.07 Å². The van der Waals surface area contributed by atoms with Crippen LogP contribution in [0.4, 0.5) is 0 Å². The van der Waals surface area contributed by atoms with Crippen LogP contribution in [0, 0.1) is 11.3 Å². The molecule has 0 unspecified atom stereocenters. The standard InChI is InChI=1S/C20H14ClN3O2S/c1-12-17(10-22)18(14-6-8-16(21)9-7-14)24-20(23-12)27-11-13-2-4-15(5-3-13)19(25)26/h2-9H,1,11H2,(H,23,24)(H,25,26). The molecule has 134 valence electrons. The lowest BCUT2D eigenvalue weighted by molar-refractivity contribution is 0.0697. The minimum Gasteiger partial charge on any atom is -0.478 e. The maximum Gasteiger partial charge on any atom is 0.335 e. The fourth-order valence-electron chi connectivity index (χ4n) is 2.42. The fraction of sp³-hybridized carbons (Fsp3) is 0.0500. The number of nitriles is 1. The van der Waals surface area contributed by atoms with Crippen LogP contribution in [0.2, 0.25) is 5.02 Å². The number of benzene rings is 2. The number of rotatable bonds is 4. The van der Waals surface area contributed by atoms with Gasteiger partial charge in [0, 0.05) is 16.3 Å². The van der Waals surface area contributed by atoms with Gasteiger partial charge in [-0.25, -0.2) is 9.79 Å². The van der Waals surface area contributed by atoms with E-state index in [2.05, 4.69) is 23.0 Å². The summed E-state index contributed by atoms with van der Waals surface area (Å²) in [7, 11) is 0. The van der Waals surface area contributed by atoms with Gasteiger partial charge >= 0.3 is 5.97 Å². The molecule has 0 aromatic heterocycles. The molecule has 0 bridgehead atoms. The molecule has 0 saturated carbocycles. The number of aliphatic imine (C=N–C) groups is 1. The first kappa shape index (κ1) is 18.8. The average Bonchev–Trinajstić information content (AvgIpc) is 2.67. The maximum absolute atomic E-state index is 10.9. The third-order valence-corrected chi connectivity index (χ3v) is 5.01. The lowest BCUT2D eigenvalue weighted by Gasteiger charge is -2.19. The molecule has 0 spiro atoms. The van der Waals surface area contributed by atoms with Crippen LogP contribution in [-0.4, -0.2) is 16.2 Å². The molecule has 1 aliphatic heterocycles. The third kappa shape index (κ3) is 4.40. The molecule has 1 heterocycles. The molecule has 0 atom stereocenters. The number of nitrogens with zero attached hydrogens (tertiary/aromatic N) is 2. The van der Waals surface area contributed by atoms with E-state index in [0.717, 1.165) is 11.1 Å². The van der Waals surface area contributed by atoms with Gasteiger partial charge in [-0.05, 0) is 29.8 Å². The van der Waals surface area contributed by atoms with E-state index in [9.17, 15) is 10.1 Å². The summed E-state index contributed by atoms with van der Waals surface area (Å²) in [6.07, 6.45) is 0. The van der Waals surface area contributed by atoms with Crippen molar-refractivity contribution in [1.82, 2.24) is 5.32 Å². The molecule has 7 heteroatoms. The molecule has 2 N–H and O–H groups in total. The Morgan fingerprint density at radius 1 is 1.22 bits per heavy atom. The first-order valence-electron chi connectivity index (χ1n) is 7.88. The van der Waals surface area contributed by atoms with E-state index in [0.29, 0.717) is 32.9 Å². The number of thioether (sulfide) groups is 1. The van der Waals surface area contributed by atoms with E-state index in [-0.39, 0.29) is 5.56 Å². The van der Waals surface area contributed by atoms with Gasteiger partial charge in [0.25, 0.3) is 0 Å². The van der Waals surface area contributed by atoms with Crippen LogP contribution >= 0.6 is 23.4 Å². The Morgan fingerprint density at radius 3 is 2.48 bits per heavy atom. The molecule has 1 aliphatic rings. The van der Waals surface area contributed by atoms with Crippen LogP contribution in [0.25, 0.3) is 5.70 Å². The van der Waals surface area contributed by atoms with Crippen molar-refractivity contribution in [2.24, 2.45) is 4.99 Å². The number of carboxylic acid groups (broad SMARTS) is 1. The monoisotopic (exact) mass is 395 g/mol. The number of amidine groups is 1. The molecule has 0 amide bonds. The van der Waals surface area contributed by atoms with Crippen molar-refractivity contribution in [2.45, 2.75) is 5.75 Å². The first-order valence-corrected chi connectivity index (χ1v) is 9.24. The van der Waals surface area contributed by atoms with Gasteiger partial charge in [0.2, 0.25) is 0 Å². The van der Waals surface area contributed by atoms with E-state index in [1.54, 1.807) is 36.4 Å². The van der Waals surface area contributed by atoms with Crippen molar-refractivity contribution < 1.29 is 9.90 Å². The number of carboxylic acids is 1. The van der Waals surface area contributed by atoms with Crippen molar-refractivity contribution in [3.05, 3.63) is 88.1 Å². The highest BCUT2D eigenvalue weighted by molar-refractivity contribution is 8.13. The second kappa shape index (κ2) is 8.12. The molecular weight excluding hydrogens is 382 g/mol. The van der Waals surface area contributed by atoms with E-state index in [1.807, 2.05) is 12.1 Å². The van der Waals surface area contributed by atoms with Crippen molar-refractivity contribution in [3.63, 3.8) is 0 Å². The Kier molecular flexibility index (Phi) is 5.65. The van der Waals surface area contributed by atoms with Gasteiger partial charge in [-0.2, -0.15) is 5.26 Å². The average molecular weight is 396 g/mol. The number of nitrogens with one attached hydrogen (secondary N) is 1. The van der Waals surface area contributed by atoms with Crippen LogP contribution in [0.1, 0.15) is 21.5 Å². The lowest BCUT2D eigenvalue weighted by atomic mass is 10.0. The molecule has 0 radical (unpaired) electrons. The summed E-state index contributed by atoms with van der Waals surface area (Å²) >= 11 is 7.38. The molecule has 0 saturated heterocycles. The Balaban J connectivity index is 1.82. The molecule has 27 heavy (non-hydrogen) atoms. The summed E-state index contributed by atoms with van der Waals surface area (Å²) in [4.78, 5) is 15.5. The van der Waals surface area contributed by atoms with Crippen LogP contribution < -0.4 is 5.32 Å². The smallest absolute Gasteiger partial charge is 0.335 e. The number of hydrogen-bond acceptors (Lipinski definition) is 5. The van der Waals surface area contributed by atoms with Gasteiger partial charge in [0.15, 0.2) is 5.17 Å². The summed E-state index contributed by atoms with van der Waals surface area (Å²) in [6.45, 7) is 3.92. The van der Waals surface area contributed by atoms with Crippen molar-refractivity contribution >= 4 is 40.2 Å². The molecule has 0 aliphatic carbocycles. The van der Waals surface area contributed by atoms with Gasteiger partial charge in [-0.3, -0.25) is 0 Å². The van der Waals surface area contributed by atoms with Gasteiger partial charge < -0.3 is 10.4 Å². The number of carbonyl (C=O) groups is 1. The molecule has 2 aromatic carbocycles. The van der Waals surface area contributed by atoms with E-state index < -0.39 is 5.97 Å². The summed E-state index contributed by atoms with van der Waals surface area (Å²) in [5, 5.41) is 22.7. The molecule has 3 rings (SSSR count). The molecule has 2 aromatic rings. The maximum atomic E-state index is 10.9. The topological polar surface area (TPSA) is 85.5 Å². The molecular formula is C20H14ClN3O2S. The van der Waals surface area contributed by atoms with E-state index >= 15 is 0 Å². The Morgan fingerprint density at radius 2 is 1.89 bits per heavy atom. The van der Waals surface area contributed by atoms with Gasteiger partial charge in [0.05, 0.1) is 17.0 Å². The van der Waals surface area contributed by atoms with Crippen LogP contribution in [0.15, 0.2) is 71.4 Å². The predicted molar refractivity (Wildman–Crippen MR) is 108 cm³/mol. The summed E-state index contributed by atoms with van der Waals surface area (Å²) in [5.41, 5.74) is 3.40. The Labute approximate surface area is 165 Å². The van der Waals surface area contributed by atoms with Gasteiger partial charge in [0.1, 0.15) is 11.6 Å². The summed E-state index contributed by atoms with van der Waals surface area (Å²) in [5.74, 6) is -0.361. The van der Waals surface area contributed by atoms with Gasteiger partial charge in [-0.15, -0.1) is 0 Å². The summed E-state index contributed by atoms with van der Waals surface area (Å²) in [6, 6.07) is 15.9. The zero-order valence-corrected chi connectivity index (χ0v) is 15.6. The zero-order chi connectivity index (χ0) is 19.4. The second-order valence-corrected chi connectivity index (χ2v) is 7.05. The number of aromatic carboxylic acids is 1. The highest BCUT2D eigenvalue weighted by Gasteiger charge is 2.19. The number of hydrogen-bond donors (Lipinski definition) is 2. The highest BCUT2D eigenvalue weighted by atomic mass is 35.5. The Bertz CT molecular complexity index is 1000. The van der Waals surface area contributed by atoms with E-state index in [1.165, 1.54) is 11.8 Å². The second-order valence-electron chi connectivity index (χ2n) is 5.65.